The Hall–Kier alpha value is -1.27. The molecule has 0 saturated carbocycles. The molecule has 0 fully saturated rings. The Morgan fingerprint density at radius 3 is 2.94 bits per heavy atom. The van der Waals surface area contributed by atoms with E-state index in [1.165, 1.54) is 12.1 Å². The summed E-state index contributed by atoms with van der Waals surface area (Å²) < 4.78 is 18.8. The van der Waals surface area contributed by atoms with Crippen LogP contribution in [-0.4, -0.2) is 17.2 Å². The number of aromatic nitrogens is 2. The zero-order valence-electron chi connectivity index (χ0n) is 8.50. The molecule has 0 atom stereocenters. The molecule has 0 aliphatic carbocycles. The highest BCUT2D eigenvalue weighted by Crippen LogP contribution is 2.22. The summed E-state index contributed by atoms with van der Waals surface area (Å²) in [6, 6.07) is 4.47. The van der Waals surface area contributed by atoms with E-state index in [9.17, 15) is 4.39 Å². The van der Waals surface area contributed by atoms with Crippen LogP contribution in [0, 0.1) is 5.82 Å². The minimum absolute atomic E-state index is 0.343. The van der Waals surface area contributed by atoms with Crippen LogP contribution in [0.3, 0.4) is 0 Å². The van der Waals surface area contributed by atoms with Crippen molar-refractivity contribution >= 4 is 15.9 Å². The highest BCUT2D eigenvalue weighted by atomic mass is 79.9. The molecule has 0 saturated heterocycles. The van der Waals surface area contributed by atoms with Gasteiger partial charge in [0.05, 0.1) is 6.54 Å². The molecule has 1 aromatic heterocycles. The molecular formula is C10H9BrFN3O. The number of halogens is 2. The Bertz CT molecular complexity index is 480. The third kappa shape index (κ3) is 2.45. The minimum Gasteiger partial charge on any atom is -0.338 e. The smallest absolute Gasteiger partial charge is 0.240 e. The zero-order valence-corrected chi connectivity index (χ0v) is 10.1. The van der Waals surface area contributed by atoms with E-state index >= 15 is 0 Å². The van der Waals surface area contributed by atoms with Gasteiger partial charge in [0.25, 0.3) is 0 Å². The van der Waals surface area contributed by atoms with E-state index in [2.05, 4.69) is 31.4 Å². The van der Waals surface area contributed by atoms with Crippen LogP contribution in [0.5, 0.6) is 0 Å². The predicted octanol–water partition coefficient (Wildman–Crippen LogP) is 2.36. The monoisotopic (exact) mass is 285 g/mol. The average molecular weight is 286 g/mol. The molecule has 1 aromatic carbocycles. The first-order valence-electron chi connectivity index (χ1n) is 4.62. The van der Waals surface area contributed by atoms with Gasteiger partial charge in [-0.25, -0.2) is 4.39 Å². The molecule has 16 heavy (non-hydrogen) atoms. The number of hydrogen-bond acceptors (Lipinski definition) is 4. The van der Waals surface area contributed by atoms with Crippen molar-refractivity contribution in [2.75, 3.05) is 7.05 Å². The molecule has 0 aliphatic heterocycles. The number of benzene rings is 1. The molecule has 0 bridgehead atoms. The van der Waals surface area contributed by atoms with E-state index in [4.69, 9.17) is 4.52 Å². The van der Waals surface area contributed by atoms with Gasteiger partial charge < -0.3 is 9.84 Å². The van der Waals surface area contributed by atoms with Crippen molar-refractivity contribution in [2.45, 2.75) is 6.54 Å². The fourth-order valence-electron chi connectivity index (χ4n) is 1.28. The lowest BCUT2D eigenvalue weighted by Gasteiger charge is -1.96. The lowest BCUT2D eigenvalue weighted by molar-refractivity contribution is 0.372. The minimum atomic E-state index is -0.343. The normalized spacial score (nSPS) is 10.7. The summed E-state index contributed by atoms with van der Waals surface area (Å²) in [4.78, 5) is 4.12. The topological polar surface area (TPSA) is 51.0 Å². The molecule has 0 radical (unpaired) electrons. The Kier molecular flexibility index (Phi) is 3.31. The van der Waals surface area contributed by atoms with E-state index in [0.29, 0.717) is 28.3 Å². The lowest BCUT2D eigenvalue weighted by atomic mass is 10.2. The largest absolute Gasteiger partial charge is 0.338 e. The second-order valence-corrected chi connectivity index (χ2v) is 4.12. The maximum Gasteiger partial charge on any atom is 0.240 e. The van der Waals surface area contributed by atoms with Crippen LogP contribution in [0.4, 0.5) is 4.39 Å². The summed E-state index contributed by atoms with van der Waals surface area (Å²) in [7, 11) is 1.78. The second-order valence-electron chi connectivity index (χ2n) is 3.20. The van der Waals surface area contributed by atoms with Crippen molar-refractivity contribution < 1.29 is 8.91 Å². The maximum atomic E-state index is 13.1. The van der Waals surface area contributed by atoms with E-state index in [1.807, 2.05) is 0 Å². The molecule has 84 valence electrons. The van der Waals surface area contributed by atoms with Gasteiger partial charge in [-0.2, -0.15) is 4.98 Å². The molecule has 1 heterocycles. The quantitative estimate of drug-likeness (QED) is 0.941. The molecule has 2 aromatic rings. The number of rotatable bonds is 3. The zero-order chi connectivity index (χ0) is 11.5. The van der Waals surface area contributed by atoms with Crippen LogP contribution < -0.4 is 5.32 Å². The van der Waals surface area contributed by atoms with Gasteiger partial charge in [-0.15, -0.1) is 0 Å². The Labute approximate surface area is 100.0 Å². The van der Waals surface area contributed by atoms with Gasteiger partial charge in [0.15, 0.2) is 0 Å². The summed E-state index contributed by atoms with van der Waals surface area (Å²) in [5.74, 6) is 0.507. The van der Waals surface area contributed by atoms with Crippen LogP contribution in [0.15, 0.2) is 27.2 Å². The van der Waals surface area contributed by atoms with E-state index in [-0.39, 0.29) is 5.82 Å². The first-order valence-corrected chi connectivity index (χ1v) is 5.42. The third-order valence-electron chi connectivity index (χ3n) is 1.92. The summed E-state index contributed by atoms with van der Waals surface area (Å²) in [6.45, 7) is 0.490. The van der Waals surface area contributed by atoms with Gasteiger partial charge in [0, 0.05) is 10.0 Å². The van der Waals surface area contributed by atoms with Crippen LogP contribution in [-0.2, 0) is 6.54 Å². The number of hydrogen-bond donors (Lipinski definition) is 1. The van der Waals surface area contributed by atoms with Crippen molar-refractivity contribution in [3.05, 3.63) is 34.4 Å². The number of nitrogens with zero attached hydrogens (tertiary/aromatic N) is 2. The Morgan fingerprint density at radius 1 is 1.44 bits per heavy atom. The molecule has 0 amide bonds. The van der Waals surface area contributed by atoms with Gasteiger partial charge in [-0.3, -0.25) is 0 Å². The molecule has 0 unspecified atom stereocenters. The van der Waals surface area contributed by atoms with Crippen molar-refractivity contribution in [1.29, 1.82) is 0 Å². The van der Waals surface area contributed by atoms with Gasteiger partial charge in [-0.05, 0) is 25.2 Å². The van der Waals surface area contributed by atoms with Gasteiger partial charge in [0.1, 0.15) is 5.82 Å². The number of nitrogens with one attached hydrogen (secondary N) is 1. The highest BCUT2D eigenvalue weighted by Gasteiger charge is 2.09. The molecular weight excluding hydrogens is 277 g/mol. The first-order chi connectivity index (χ1) is 7.69. The highest BCUT2D eigenvalue weighted by molar-refractivity contribution is 9.10. The van der Waals surface area contributed by atoms with Crippen LogP contribution in [0.2, 0.25) is 0 Å². The molecule has 1 N–H and O–H groups in total. The Balaban J connectivity index is 2.34. The van der Waals surface area contributed by atoms with E-state index in [1.54, 1.807) is 13.1 Å². The van der Waals surface area contributed by atoms with E-state index in [0.717, 1.165) is 0 Å². The summed E-state index contributed by atoms with van der Waals surface area (Å²) in [5, 5.41) is 6.67. The van der Waals surface area contributed by atoms with Gasteiger partial charge in [0.2, 0.25) is 11.7 Å². The second kappa shape index (κ2) is 4.71. The van der Waals surface area contributed by atoms with Crippen molar-refractivity contribution in [3.8, 4) is 11.4 Å². The fraction of sp³-hybridized carbons (Fsp3) is 0.200. The van der Waals surface area contributed by atoms with Gasteiger partial charge >= 0.3 is 0 Å². The molecule has 0 aliphatic rings. The molecule has 6 heteroatoms. The van der Waals surface area contributed by atoms with Crippen LogP contribution in [0.1, 0.15) is 5.89 Å². The lowest BCUT2D eigenvalue weighted by Crippen LogP contribution is -2.04. The molecule has 4 nitrogen and oxygen atoms in total. The fourth-order valence-corrected chi connectivity index (χ4v) is 1.74. The summed E-state index contributed by atoms with van der Waals surface area (Å²) in [6.07, 6.45) is 0. The van der Waals surface area contributed by atoms with Crippen molar-refractivity contribution in [2.24, 2.45) is 0 Å². The molecule has 2 rings (SSSR count). The summed E-state index contributed by atoms with van der Waals surface area (Å²) >= 11 is 3.21. The maximum absolute atomic E-state index is 13.1. The van der Waals surface area contributed by atoms with Crippen molar-refractivity contribution in [1.82, 2.24) is 15.5 Å². The molecule has 0 spiro atoms. The SMILES string of the molecule is CNCc1nc(-c2cc(F)cc(Br)c2)no1. The Morgan fingerprint density at radius 2 is 2.25 bits per heavy atom. The van der Waals surface area contributed by atoms with Crippen LogP contribution >= 0.6 is 15.9 Å². The third-order valence-corrected chi connectivity index (χ3v) is 2.37. The average Bonchev–Trinajstić information content (AvgIpc) is 2.65. The summed E-state index contributed by atoms with van der Waals surface area (Å²) in [5.41, 5.74) is 0.581. The first kappa shape index (κ1) is 11.2. The predicted molar refractivity (Wildman–Crippen MR) is 60.2 cm³/mol. The van der Waals surface area contributed by atoms with Crippen molar-refractivity contribution in [3.63, 3.8) is 0 Å². The standard InChI is InChI=1S/C10H9BrFN3O/c1-13-5-9-14-10(15-16-9)6-2-7(11)4-8(12)3-6/h2-4,13H,5H2,1H3. The van der Waals surface area contributed by atoms with Gasteiger partial charge in [-0.1, -0.05) is 21.1 Å². The van der Waals surface area contributed by atoms with E-state index < -0.39 is 0 Å². The van der Waals surface area contributed by atoms with Crippen LogP contribution in [0.25, 0.3) is 11.4 Å².